The van der Waals surface area contributed by atoms with Crippen molar-refractivity contribution < 1.29 is 9.90 Å². The van der Waals surface area contributed by atoms with Crippen molar-refractivity contribution in [3.05, 3.63) is 47.1 Å². The van der Waals surface area contributed by atoms with Crippen molar-refractivity contribution in [2.24, 2.45) is 5.92 Å². The van der Waals surface area contributed by atoms with Crippen molar-refractivity contribution in [2.45, 2.75) is 58.4 Å². The summed E-state index contributed by atoms with van der Waals surface area (Å²) < 4.78 is 2.17. The molecule has 158 valence electrons. The molecule has 3 heterocycles. The summed E-state index contributed by atoms with van der Waals surface area (Å²) in [5.74, 6) is 0.509. The summed E-state index contributed by atoms with van der Waals surface area (Å²) in [6.45, 7) is 4.41. The molecule has 3 aromatic rings. The maximum absolute atomic E-state index is 11.9. The van der Waals surface area contributed by atoms with Gasteiger partial charge >= 0.3 is 5.97 Å². The van der Waals surface area contributed by atoms with Gasteiger partial charge in [-0.15, -0.1) is 11.3 Å². The lowest BCUT2D eigenvalue weighted by Gasteiger charge is -2.24. The Balaban J connectivity index is 1.64. The van der Waals surface area contributed by atoms with Gasteiger partial charge in [-0.1, -0.05) is 39.2 Å². The zero-order chi connectivity index (χ0) is 21.1. The van der Waals surface area contributed by atoms with Crippen LogP contribution in [0.5, 0.6) is 0 Å². The van der Waals surface area contributed by atoms with Gasteiger partial charge in [-0.25, -0.2) is 9.78 Å². The Bertz CT molecular complexity index is 1000. The molecule has 1 aliphatic rings. The zero-order valence-corrected chi connectivity index (χ0v) is 18.3. The molecule has 3 aromatic heterocycles. The van der Waals surface area contributed by atoms with Crippen LogP contribution in [0.2, 0.25) is 0 Å². The minimum absolute atomic E-state index is 0.151. The fourth-order valence-corrected chi connectivity index (χ4v) is 4.84. The fourth-order valence-electron chi connectivity index (χ4n) is 4.13. The van der Waals surface area contributed by atoms with E-state index < -0.39 is 5.97 Å². The van der Waals surface area contributed by atoms with Crippen molar-refractivity contribution in [3.63, 3.8) is 0 Å². The van der Waals surface area contributed by atoms with Crippen LogP contribution >= 0.6 is 11.3 Å². The molecule has 6 nitrogen and oxygen atoms in total. The molecule has 30 heavy (non-hydrogen) atoms. The molecular formula is C23H28N4O2S. The molecular weight excluding hydrogens is 396 g/mol. The SMILES string of the molecule is CC(C)Cc1cc(Nc2ncc(-c3cccs3)cc2C(=O)O)nn1C1CCCCC1. The van der Waals surface area contributed by atoms with Crippen LogP contribution < -0.4 is 5.32 Å². The van der Waals surface area contributed by atoms with E-state index in [-0.39, 0.29) is 5.56 Å². The first-order chi connectivity index (χ1) is 14.5. The number of nitrogens with zero attached hydrogens (tertiary/aromatic N) is 3. The third-order valence-corrected chi connectivity index (χ3v) is 6.44. The molecule has 0 bridgehead atoms. The third kappa shape index (κ3) is 4.56. The Morgan fingerprint density at radius 2 is 2.10 bits per heavy atom. The van der Waals surface area contributed by atoms with E-state index in [0.717, 1.165) is 29.7 Å². The van der Waals surface area contributed by atoms with Crippen molar-refractivity contribution >= 4 is 28.9 Å². The molecule has 1 aliphatic carbocycles. The number of aromatic nitrogens is 3. The predicted octanol–water partition coefficient (Wildman–Crippen LogP) is 6.15. The van der Waals surface area contributed by atoms with Gasteiger partial charge in [0.25, 0.3) is 0 Å². The number of pyridine rings is 1. The molecule has 0 amide bonds. The average molecular weight is 425 g/mol. The first-order valence-electron chi connectivity index (χ1n) is 10.6. The number of carboxylic acids is 1. The summed E-state index contributed by atoms with van der Waals surface area (Å²) >= 11 is 1.56. The summed E-state index contributed by atoms with van der Waals surface area (Å²) in [6.07, 6.45) is 8.74. The maximum atomic E-state index is 11.9. The Morgan fingerprint density at radius 1 is 1.30 bits per heavy atom. The molecule has 0 atom stereocenters. The van der Waals surface area contributed by atoms with E-state index in [4.69, 9.17) is 5.10 Å². The normalized spacial score (nSPS) is 14.9. The molecule has 7 heteroatoms. The first kappa shape index (κ1) is 20.6. The lowest BCUT2D eigenvalue weighted by molar-refractivity contribution is 0.0697. The van der Waals surface area contributed by atoms with E-state index in [2.05, 4.69) is 34.9 Å². The molecule has 0 aliphatic heterocycles. The van der Waals surface area contributed by atoms with Gasteiger partial charge in [0, 0.05) is 28.4 Å². The van der Waals surface area contributed by atoms with Gasteiger partial charge < -0.3 is 10.4 Å². The Labute approximate surface area is 181 Å². The van der Waals surface area contributed by atoms with Crippen LogP contribution in [0.25, 0.3) is 10.4 Å². The molecule has 0 unspecified atom stereocenters. The van der Waals surface area contributed by atoms with E-state index >= 15 is 0 Å². The summed E-state index contributed by atoms with van der Waals surface area (Å²) in [4.78, 5) is 17.3. The van der Waals surface area contributed by atoms with E-state index in [1.54, 1.807) is 23.6 Å². The molecule has 4 rings (SSSR count). The van der Waals surface area contributed by atoms with Gasteiger partial charge in [-0.3, -0.25) is 4.68 Å². The van der Waals surface area contributed by atoms with Crippen LogP contribution in [0.1, 0.15) is 68.0 Å². The van der Waals surface area contributed by atoms with Crippen molar-refractivity contribution in [3.8, 4) is 10.4 Å². The monoisotopic (exact) mass is 424 g/mol. The summed E-state index contributed by atoms with van der Waals surface area (Å²) in [6, 6.07) is 8.06. The second-order valence-corrected chi connectivity index (χ2v) is 9.33. The molecule has 1 saturated carbocycles. The van der Waals surface area contributed by atoms with E-state index in [1.165, 1.54) is 25.0 Å². The Morgan fingerprint density at radius 3 is 2.77 bits per heavy atom. The van der Waals surface area contributed by atoms with Gasteiger partial charge in [0.2, 0.25) is 0 Å². The number of carbonyl (C=O) groups is 1. The quantitative estimate of drug-likeness (QED) is 0.475. The van der Waals surface area contributed by atoms with Crippen LogP contribution in [-0.2, 0) is 6.42 Å². The van der Waals surface area contributed by atoms with Crippen LogP contribution in [0.4, 0.5) is 11.6 Å². The van der Waals surface area contributed by atoms with Crippen LogP contribution in [-0.4, -0.2) is 25.8 Å². The van der Waals surface area contributed by atoms with Crippen LogP contribution in [0, 0.1) is 5.92 Å². The number of hydrogen-bond acceptors (Lipinski definition) is 5. The second-order valence-electron chi connectivity index (χ2n) is 8.38. The molecule has 0 radical (unpaired) electrons. The Kier molecular flexibility index (Phi) is 6.18. The van der Waals surface area contributed by atoms with Gasteiger partial charge in [0.15, 0.2) is 5.82 Å². The van der Waals surface area contributed by atoms with Gasteiger partial charge in [-0.2, -0.15) is 5.10 Å². The molecule has 2 N–H and O–H groups in total. The number of rotatable bonds is 7. The molecule has 0 spiro atoms. The van der Waals surface area contributed by atoms with Gasteiger partial charge in [0.05, 0.1) is 6.04 Å². The van der Waals surface area contributed by atoms with E-state index in [0.29, 0.717) is 23.6 Å². The van der Waals surface area contributed by atoms with Crippen molar-refractivity contribution in [1.82, 2.24) is 14.8 Å². The lowest BCUT2D eigenvalue weighted by Crippen LogP contribution is -2.17. The topological polar surface area (TPSA) is 80.0 Å². The number of aromatic carboxylic acids is 1. The second kappa shape index (κ2) is 9.00. The maximum Gasteiger partial charge on any atom is 0.339 e. The van der Waals surface area contributed by atoms with E-state index in [9.17, 15) is 9.90 Å². The lowest BCUT2D eigenvalue weighted by atomic mass is 9.95. The van der Waals surface area contributed by atoms with Crippen LogP contribution in [0.3, 0.4) is 0 Å². The number of nitrogens with one attached hydrogen (secondary N) is 1. The highest BCUT2D eigenvalue weighted by Crippen LogP contribution is 2.32. The largest absolute Gasteiger partial charge is 0.478 e. The number of anilines is 2. The van der Waals surface area contributed by atoms with Gasteiger partial charge in [-0.05, 0) is 42.7 Å². The summed E-state index contributed by atoms with van der Waals surface area (Å²) in [5.41, 5.74) is 2.16. The minimum atomic E-state index is -1.00. The van der Waals surface area contributed by atoms with Gasteiger partial charge in [0.1, 0.15) is 11.4 Å². The van der Waals surface area contributed by atoms with E-state index in [1.807, 2.05) is 17.5 Å². The minimum Gasteiger partial charge on any atom is -0.478 e. The predicted molar refractivity (Wildman–Crippen MR) is 121 cm³/mol. The highest BCUT2D eigenvalue weighted by Gasteiger charge is 2.22. The average Bonchev–Trinajstić information content (AvgIpc) is 3.39. The first-order valence-corrected chi connectivity index (χ1v) is 11.5. The summed E-state index contributed by atoms with van der Waals surface area (Å²) in [7, 11) is 0. The third-order valence-electron chi connectivity index (χ3n) is 5.52. The molecule has 0 aromatic carbocycles. The zero-order valence-electron chi connectivity index (χ0n) is 17.5. The van der Waals surface area contributed by atoms with Crippen molar-refractivity contribution in [2.75, 3.05) is 5.32 Å². The van der Waals surface area contributed by atoms with Crippen molar-refractivity contribution in [1.29, 1.82) is 0 Å². The molecule has 1 fully saturated rings. The fraction of sp³-hybridized carbons (Fsp3) is 0.435. The number of hydrogen-bond donors (Lipinski definition) is 2. The van der Waals surface area contributed by atoms with Crippen LogP contribution in [0.15, 0.2) is 35.8 Å². The summed E-state index contributed by atoms with van der Waals surface area (Å²) in [5, 5.41) is 19.7. The number of carboxylic acid groups (broad SMARTS) is 1. The highest BCUT2D eigenvalue weighted by molar-refractivity contribution is 7.13. The number of thiophene rings is 1. The smallest absolute Gasteiger partial charge is 0.339 e. The Hall–Kier alpha value is -2.67. The highest BCUT2D eigenvalue weighted by atomic mass is 32.1. The molecule has 0 saturated heterocycles. The standard InChI is InChI=1S/C23H28N4O2S/c1-15(2)11-18-13-21(26-27(18)17-7-4-3-5-8-17)25-22-19(23(28)29)12-16(14-24-22)20-9-6-10-30-20/h6,9-10,12-15,17H,3-5,7-8,11H2,1-2H3,(H,28,29)(H,24,25,26).